The first-order valence-corrected chi connectivity index (χ1v) is 20.6. The second-order valence-corrected chi connectivity index (χ2v) is 16.3. The minimum absolute atomic E-state index is 0.541. The third-order valence-corrected chi connectivity index (χ3v) is 13.0. The molecule has 0 fully saturated rings. The molecule has 4 heterocycles. The van der Waals surface area contributed by atoms with Crippen molar-refractivity contribution in [3.05, 3.63) is 182 Å². The molecule has 0 atom stereocenters. The van der Waals surface area contributed by atoms with Gasteiger partial charge < -0.3 is 8.98 Å². The summed E-state index contributed by atoms with van der Waals surface area (Å²) in [6, 6.07) is 64.5. The lowest BCUT2D eigenvalue weighted by molar-refractivity contribution is 0.669. The number of furan rings is 1. The van der Waals surface area contributed by atoms with E-state index in [9.17, 15) is 0 Å². The summed E-state index contributed by atoms with van der Waals surface area (Å²) in [7, 11) is 0. The molecule has 0 aliphatic rings. The Labute approximate surface area is 341 Å². The Morgan fingerprint density at radius 2 is 1.02 bits per heavy atom. The summed E-state index contributed by atoms with van der Waals surface area (Å²) in [5, 5.41) is 11.5. The van der Waals surface area contributed by atoms with E-state index in [1.165, 1.54) is 41.7 Å². The summed E-state index contributed by atoms with van der Waals surface area (Å²) in [6.45, 7) is 0. The molecule has 0 saturated heterocycles. The van der Waals surface area contributed by atoms with Crippen molar-refractivity contribution < 1.29 is 4.42 Å². The molecule has 13 aromatic rings. The molecule has 0 aliphatic heterocycles. The Morgan fingerprint density at radius 3 is 1.86 bits per heavy atom. The van der Waals surface area contributed by atoms with Crippen molar-refractivity contribution in [2.24, 2.45) is 0 Å². The van der Waals surface area contributed by atoms with Crippen molar-refractivity contribution in [3.63, 3.8) is 0 Å². The van der Waals surface area contributed by atoms with Crippen molar-refractivity contribution in [1.82, 2.24) is 19.5 Å². The number of aromatic nitrogens is 4. The van der Waals surface area contributed by atoms with Crippen molar-refractivity contribution in [1.29, 1.82) is 0 Å². The Hall–Kier alpha value is -7.67. The molecule has 6 heteroatoms. The largest absolute Gasteiger partial charge is 0.455 e. The van der Waals surface area contributed by atoms with Gasteiger partial charge in [-0.2, -0.15) is 0 Å². The average molecular weight is 771 g/mol. The van der Waals surface area contributed by atoms with Crippen LogP contribution in [0.3, 0.4) is 0 Å². The first-order valence-electron chi connectivity index (χ1n) is 19.8. The number of fused-ring (bicyclic) bond motifs is 11. The van der Waals surface area contributed by atoms with Gasteiger partial charge in [-0.3, -0.25) is 0 Å². The van der Waals surface area contributed by atoms with Crippen LogP contribution in [0.15, 0.2) is 186 Å². The fourth-order valence-electron chi connectivity index (χ4n) is 9.04. The van der Waals surface area contributed by atoms with Gasteiger partial charge >= 0.3 is 0 Å². The molecule has 0 N–H and O–H groups in total. The van der Waals surface area contributed by atoms with Crippen LogP contribution in [0.25, 0.3) is 125 Å². The third-order valence-electron chi connectivity index (χ3n) is 11.8. The fraction of sp³-hybridized carbons (Fsp3) is 0. The molecule has 0 bridgehead atoms. The Morgan fingerprint density at radius 1 is 0.390 bits per heavy atom. The van der Waals surface area contributed by atoms with Gasteiger partial charge in [-0.15, -0.1) is 11.3 Å². The van der Waals surface area contributed by atoms with Gasteiger partial charge in [0, 0.05) is 52.8 Å². The second-order valence-electron chi connectivity index (χ2n) is 15.2. The SMILES string of the molecule is c1ccc2cc(-c3nc(-c4ccc5sc6ccccc6c5c4)nc(-c4c(-n5c6ccccc6c6cc7ccccc7cc65)ccc5c4oc4ccccc45)n3)ccc2c1. The van der Waals surface area contributed by atoms with Crippen LogP contribution in [0, 0.1) is 0 Å². The van der Waals surface area contributed by atoms with E-state index in [0.29, 0.717) is 17.5 Å². The van der Waals surface area contributed by atoms with E-state index in [0.717, 1.165) is 66.1 Å². The zero-order valence-electron chi connectivity index (χ0n) is 31.4. The topological polar surface area (TPSA) is 56.7 Å². The lowest BCUT2D eigenvalue weighted by Crippen LogP contribution is -2.04. The highest BCUT2D eigenvalue weighted by Crippen LogP contribution is 2.44. The van der Waals surface area contributed by atoms with Gasteiger partial charge in [0.2, 0.25) is 0 Å². The van der Waals surface area contributed by atoms with Crippen molar-refractivity contribution >= 4 is 96.8 Å². The smallest absolute Gasteiger partial charge is 0.170 e. The van der Waals surface area contributed by atoms with Crippen molar-refractivity contribution in [2.75, 3.05) is 0 Å². The molecule has 59 heavy (non-hydrogen) atoms. The molecule has 0 unspecified atom stereocenters. The molecule has 5 nitrogen and oxygen atoms in total. The van der Waals surface area contributed by atoms with Crippen molar-refractivity contribution in [3.8, 4) is 39.9 Å². The Balaban J connectivity index is 1.15. The fourth-order valence-corrected chi connectivity index (χ4v) is 10.1. The minimum Gasteiger partial charge on any atom is -0.455 e. The zero-order valence-corrected chi connectivity index (χ0v) is 32.2. The Bertz CT molecular complexity index is 3870. The van der Waals surface area contributed by atoms with Gasteiger partial charge in [0.1, 0.15) is 11.2 Å². The molecule has 0 amide bonds. The molecule has 274 valence electrons. The van der Waals surface area contributed by atoms with E-state index >= 15 is 0 Å². The van der Waals surface area contributed by atoms with Crippen LogP contribution in [0.1, 0.15) is 0 Å². The van der Waals surface area contributed by atoms with Crippen molar-refractivity contribution in [2.45, 2.75) is 0 Å². The molecule has 13 rings (SSSR count). The molecular formula is C53H30N4OS. The highest BCUT2D eigenvalue weighted by molar-refractivity contribution is 7.25. The van der Waals surface area contributed by atoms with E-state index in [-0.39, 0.29) is 0 Å². The van der Waals surface area contributed by atoms with Crippen LogP contribution in [-0.2, 0) is 0 Å². The van der Waals surface area contributed by atoms with Gasteiger partial charge in [-0.25, -0.2) is 15.0 Å². The van der Waals surface area contributed by atoms with Crippen LogP contribution in [0.4, 0.5) is 0 Å². The van der Waals surface area contributed by atoms with Crippen LogP contribution in [0.2, 0.25) is 0 Å². The first kappa shape index (κ1) is 32.4. The molecule has 4 aromatic heterocycles. The van der Waals surface area contributed by atoms with Gasteiger partial charge in [0.05, 0.1) is 22.3 Å². The maximum Gasteiger partial charge on any atom is 0.170 e. The van der Waals surface area contributed by atoms with Crippen LogP contribution in [0.5, 0.6) is 0 Å². The Kier molecular flexibility index (Phi) is 6.82. The standard InChI is InChI=1S/C53H30N4OS/c1-2-12-32-27-35(22-21-31(32)11-1)51-54-52(36-23-26-48-42(29-36)39-17-7-10-20-47(39)59-48)56-53(55-51)49-44(25-24-40-38-16-6-9-19-46(38)58-50(40)49)57-43-18-8-5-15-37(43)41-28-33-13-3-4-14-34(33)30-45(41)57/h1-30H. The second kappa shape index (κ2) is 12.4. The first-order chi connectivity index (χ1) is 29.2. The quantitative estimate of drug-likeness (QED) is 0.179. The number of hydrogen-bond donors (Lipinski definition) is 0. The molecule has 9 aromatic carbocycles. The molecular weight excluding hydrogens is 741 g/mol. The highest BCUT2D eigenvalue weighted by Gasteiger charge is 2.25. The van der Waals surface area contributed by atoms with Crippen LogP contribution >= 0.6 is 11.3 Å². The summed E-state index contributed by atoms with van der Waals surface area (Å²) >= 11 is 1.80. The number of thiophene rings is 1. The zero-order chi connectivity index (χ0) is 38.6. The molecule has 0 aliphatic carbocycles. The number of rotatable bonds is 4. The van der Waals surface area contributed by atoms with Crippen LogP contribution < -0.4 is 0 Å². The normalized spacial score (nSPS) is 12.1. The van der Waals surface area contributed by atoms with E-state index in [2.05, 4.69) is 174 Å². The van der Waals surface area contributed by atoms with E-state index in [1.807, 2.05) is 12.1 Å². The summed E-state index contributed by atoms with van der Waals surface area (Å²) in [4.78, 5) is 16.1. The third kappa shape index (κ3) is 4.94. The lowest BCUT2D eigenvalue weighted by atomic mass is 10.0. The lowest BCUT2D eigenvalue weighted by Gasteiger charge is -2.15. The van der Waals surface area contributed by atoms with E-state index in [1.54, 1.807) is 11.3 Å². The van der Waals surface area contributed by atoms with Gasteiger partial charge in [-0.05, 0) is 88.3 Å². The molecule has 0 radical (unpaired) electrons. The average Bonchev–Trinajstić information content (AvgIpc) is 3.96. The summed E-state index contributed by atoms with van der Waals surface area (Å²) < 4.78 is 11.8. The van der Waals surface area contributed by atoms with Gasteiger partial charge in [-0.1, -0.05) is 115 Å². The van der Waals surface area contributed by atoms with E-state index < -0.39 is 0 Å². The summed E-state index contributed by atoms with van der Waals surface area (Å²) in [5.74, 6) is 1.74. The number of hydrogen-bond acceptors (Lipinski definition) is 5. The summed E-state index contributed by atoms with van der Waals surface area (Å²) in [6.07, 6.45) is 0. The monoisotopic (exact) mass is 770 g/mol. The highest BCUT2D eigenvalue weighted by atomic mass is 32.1. The minimum atomic E-state index is 0.541. The van der Waals surface area contributed by atoms with Gasteiger partial charge in [0.25, 0.3) is 0 Å². The number of benzene rings is 9. The molecule has 0 spiro atoms. The van der Waals surface area contributed by atoms with E-state index in [4.69, 9.17) is 19.4 Å². The van der Waals surface area contributed by atoms with Crippen LogP contribution in [-0.4, -0.2) is 19.5 Å². The predicted octanol–water partition coefficient (Wildman–Crippen LogP) is 14.5. The molecule has 0 saturated carbocycles. The van der Waals surface area contributed by atoms with Gasteiger partial charge in [0.15, 0.2) is 17.5 Å². The number of nitrogens with zero attached hydrogens (tertiary/aromatic N) is 4. The summed E-state index contributed by atoms with van der Waals surface area (Å²) in [5.41, 5.74) is 7.31. The maximum atomic E-state index is 6.90. The maximum absolute atomic E-state index is 6.90. The predicted molar refractivity (Wildman–Crippen MR) is 246 cm³/mol. The number of para-hydroxylation sites is 2.